The molecule has 1 aromatic heterocycles. The first-order valence-electron chi connectivity index (χ1n) is 4.75. The van der Waals surface area contributed by atoms with E-state index in [1.54, 1.807) is 0 Å². The molecular weight excluding hydrogens is 166 g/mol. The molecule has 1 aromatic rings. The number of nitrogens with zero attached hydrogens (tertiary/aromatic N) is 3. The van der Waals surface area contributed by atoms with Gasteiger partial charge in [-0.25, -0.2) is 0 Å². The molecule has 1 saturated carbocycles. The number of fused-ring (bicyclic) bond motifs is 1. The Morgan fingerprint density at radius 1 is 1.38 bits per heavy atom. The second-order valence-corrected chi connectivity index (χ2v) is 3.96. The molecule has 0 amide bonds. The third-order valence-electron chi connectivity index (χ3n) is 2.85. The summed E-state index contributed by atoms with van der Waals surface area (Å²) in [6, 6.07) is 0. The Labute approximate surface area is 76.0 Å². The van der Waals surface area contributed by atoms with Crippen molar-refractivity contribution in [1.29, 1.82) is 0 Å². The number of hydrogen-bond donors (Lipinski definition) is 0. The van der Waals surface area contributed by atoms with Crippen molar-refractivity contribution in [3.05, 3.63) is 11.6 Å². The van der Waals surface area contributed by atoms with Crippen LogP contribution in [0.3, 0.4) is 0 Å². The minimum Gasteiger partial charge on any atom is -0.314 e. The van der Waals surface area contributed by atoms with Gasteiger partial charge in [0.25, 0.3) is 0 Å². The fraction of sp³-hybridized carbons (Fsp3) is 0.667. The van der Waals surface area contributed by atoms with E-state index in [0.29, 0.717) is 5.92 Å². The molecule has 4 nitrogen and oxygen atoms in total. The summed E-state index contributed by atoms with van der Waals surface area (Å²) in [5, 5.41) is 8.28. The molecule has 4 heteroatoms. The summed E-state index contributed by atoms with van der Waals surface area (Å²) in [7, 11) is 0. The van der Waals surface area contributed by atoms with Gasteiger partial charge in [0.1, 0.15) is 17.9 Å². The lowest BCUT2D eigenvalue weighted by molar-refractivity contribution is -0.111. The van der Waals surface area contributed by atoms with E-state index in [4.69, 9.17) is 0 Å². The highest BCUT2D eigenvalue weighted by molar-refractivity contribution is 5.54. The number of carbonyl (C=O) groups excluding carboxylic acids is 1. The molecule has 1 fully saturated rings. The minimum atomic E-state index is 0.142. The van der Waals surface area contributed by atoms with Crippen LogP contribution in [0.5, 0.6) is 0 Å². The van der Waals surface area contributed by atoms with Crippen molar-refractivity contribution in [2.45, 2.75) is 31.7 Å². The molecule has 3 rings (SSSR count). The Balaban J connectivity index is 1.96. The van der Waals surface area contributed by atoms with Gasteiger partial charge in [-0.2, -0.15) is 0 Å². The fourth-order valence-electron chi connectivity index (χ4n) is 1.97. The lowest BCUT2D eigenvalue weighted by Gasteiger charge is -2.01. The van der Waals surface area contributed by atoms with E-state index in [-0.39, 0.29) is 5.92 Å². The molecule has 1 unspecified atom stereocenters. The van der Waals surface area contributed by atoms with Crippen molar-refractivity contribution in [3.8, 4) is 0 Å². The Hall–Kier alpha value is -1.19. The zero-order valence-electron chi connectivity index (χ0n) is 7.31. The maximum atomic E-state index is 10.6. The van der Waals surface area contributed by atoms with Gasteiger partial charge in [0.05, 0.1) is 0 Å². The van der Waals surface area contributed by atoms with Gasteiger partial charge >= 0.3 is 0 Å². The van der Waals surface area contributed by atoms with Crippen molar-refractivity contribution in [2.75, 3.05) is 0 Å². The molecule has 0 saturated heterocycles. The largest absolute Gasteiger partial charge is 0.314 e. The number of aldehydes is 1. The summed E-state index contributed by atoms with van der Waals surface area (Å²) in [6.45, 7) is 0.803. The molecule has 2 aliphatic rings. The smallest absolute Gasteiger partial charge is 0.136 e. The third-order valence-corrected chi connectivity index (χ3v) is 2.85. The predicted molar refractivity (Wildman–Crippen MR) is 45.3 cm³/mol. The van der Waals surface area contributed by atoms with E-state index in [0.717, 1.165) is 30.9 Å². The second-order valence-electron chi connectivity index (χ2n) is 3.96. The Bertz CT molecular complexity index is 354. The van der Waals surface area contributed by atoms with Crippen molar-refractivity contribution in [3.63, 3.8) is 0 Å². The van der Waals surface area contributed by atoms with Gasteiger partial charge in [0.2, 0.25) is 0 Å². The summed E-state index contributed by atoms with van der Waals surface area (Å²) < 4.78 is 2.14. The Kier molecular flexibility index (Phi) is 1.34. The lowest BCUT2D eigenvalue weighted by atomic mass is 10.1. The quantitative estimate of drug-likeness (QED) is 0.619. The average molecular weight is 177 g/mol. The molecule has 0 spiro atoms. The topological polar surface area (TPSA) is 47.8 Å². The van der Waals surface area contributed by atoms with E-state index >= 15 is 0 Å². The van der Waals surface area contributed by atoms with Crippen LogP contribution in [0.25, 0.3) is 0 Å². The zero-order chi connectivity index (χ0) is 8.84. The first-order valence-corrected chi connectivity index (χ1v) is 4.75. The Morgan fingerprint density at radius 2 is 2.23 bits per heavy atom. The number of rotatable bonds is 2. The van der Waals surface area contributed by atoms with Gasteiger partial charge in [-0.15, -0.1) is 10.2 Å². The van der Waals surface area contributed by atoms with Crippen LogP contribution in [0, 0.1) is 5.92 Å². The highest BCUT2D eigenvalue weighted by Crippen LogP contribution is 2.40. The van der Waals surface area contributed by atoms with Gasteiger partial charge in [0.15, 0.2) is 0 Å². The number of hydrogen-bond acceptors (Lipinski definition) is 3. The molecule has 0 aromatic carbocycles. The van der Waals surface area contributed by atoms with Crippen LogP contribution < -0.4 is 0 Å². The zero-order valence-corrected chi connectivity index (χ0v) is 7.31. The summed E-state index contributed by atoms with van der Waals surface area (Å²) >= 11 is 0. The van der Waals surface area contributed by atoms with Crippen LogP contribution >= 0.6 is 0 Å². The molecule has 0 radical (unpaired) electrons. The van der Waals surface area contributed by atoms with E-state index in [2.05, 4.69) is 14.8 Å². The van der Waals surface area contributed by atoms with Crippen molar-refractivity contribution >= 4 is 6.29 Å². The van der Waals surface area contributed by atoms with Crippen molar-refractivity contribution in [1.82, 2.24) is 14.8 Å². The molecule has 1 atom stereocenters. The normalized spacial score (nSPS) is 26.0. The SMILES string of the molecule is O=CC1Cc2nnc(C3CC3)n2C1. The van der Waals surface area contributed by atoms with Crippen LogP contribution in [-0.4, -0.2) is 21.1 Å². The van der Waals surface area contributed by atoms with Gasteiger partial charge in [-0.05, 0) is 12.8 Å². The van der Waals surface area contributed by atoms with Crippen molar-refractivity contribution in [2.24, 2.45) is 5.92 Å². The summed E-state index contributed by atoms with van der Waals surface area (Å²) in [6.07, 6.45) is 4.29. The van der Waals surface area contributed by atoms with E-state index in [9.17, 15) is 4.79 Å². The molecule has 68 valence electrons. The first kappa shape index (κ1) is 7.24. The van der Waals surface area contributed by atoms with E-state index in [1.165, 1.54) is 12.8 Å². The maximum absolute atomic E-state index is 10.6. The molecular formula is C9H11N3O. The standard InChI is InChI=1S/C9H11N3O/c13-5-6-3-8-10-11-9(7-1-2-7)12(8)4-6/h5-7H,1-4H2. The lowest BCUT2D eigenvalue weighted by Crippen LogP contribution is -2.06. The van der Waals surface area contributed by atoms with Crippen LogP contribution in [0.1, 0.15) is 30.4 Å². The third kappa shape index (κ3) is 1.01. The highest BCUT2D eigenvalue weighted by Gasteiger charge is 2.33. The average Bonchev–Trinajstić information content (AvgIpc) is 2.78. The monoisotopic (exact) mass is 177 g/mol. The summed E-state index contributed by atoms with van der Waals surface area (Å²) in [5.41, 5.74) is 0. The molecule has 1 aliphatic carbocycles. The van der Waals surface area contributed by atoms with Gasteiger partial charge in [-0.3, -0.25) is 0 Å². The van der Waals surface area contributed by atoms with Gasteiger partial charge in [-0.1, -0.05) is 0 Å². The van der Waals surface area contributed by atoms with Crippen LogP contribution in [0.15, 0.2) is 0 Å². The highest BCUT2D eigenvalue weighted by atomic mass is 16.1. The van der Waals surface area contributed by atoms with Crippen LogP contribution in [0.4, 0.5) is 0 Å². The predicted octanol–water partition coefficient (Wildman–Crippen LogP) is 0.527. The van der Waals surface area contributed by atoms with Crippen molar-refractivity contribution < 1.29 is 4.79 Å². The van der Waals surface area contributed by atoms with Crippen LogP contribution in [0.2, 0.25) is 0 Å². The molecule has 13 heavy (non-hydrogen) atoms. The summed E-state index contributed by atoms with van der Waals surface area (Å²) in [5.74, 6) is 2.88. The molecule has 0 bridgehead atoms. The Morgan fingerprint density at radius 3 is 2.92 bits per heavy atom. The van der Waals surface area contributed by atoms with Crippen LogP contribution in [-0.2, 0) is 17.8 Å². The maximum Gasteiger partial charge on any atom is 0.136 e. The van der Waals surface area contributed by atoms with E-state index < -0.39 is 0 Å². The summed E-state index contributed by atoms with van der Waals surface area (Å²) in [4.78, 5) is 10.6. The van der Waals surface area contributed by atoms with Gasteiger partial charge < -0.3 is 9.36 Å². The minimum absolute atomic E-state index is 0.142. The fourth-order valence-corrected chi connectivity index (χ4v) is 1.97. The molecule has 0 N–H and O–H groups in total. The van der Waals surface area contributed by atoms with E-state index in [1.807, 2.05) is 0 Å². The first-order chi connectivity index (χ1) is 6.38. The van der Waals surface area contributed by atoms with Gasteiger partial charge in [0, 0.05) is 24.8 Å². The second kappa shape index (κ2) is 2.40. The number of aromatic nitrogens is 3. The molecule has 1 aliphatic heterocycles. The molecule has 2 heterocycles. The number of carbonyl (C=O) groups is 1.